The molecular formula is C22H23N5O5S. The Bertz CT molecular complexity index is 1320. The number of anilines is 3. The van der Waals surface area contributed by atoms with E-state index in [0.717, 1.165) is 18.0 Å². The first-order valence-corrected chi connectivity index (χ1v) is 11.6. The molecule has 1 aromatic heterocycles. The normalized spacial score (nSPS) is 10.9. The predicted octanol–water partition coefficient (Wildman–Crippen LogP) is 2.74. The lowest BCUT2D eigenvalue weighted by molar-refractivity contribution is 0.101. The number of rotatable bonds is 7. The molecular weight excluding hydrogens is 446 g/mol. The number of amides is 2. The maximum Gasteiger partial charge on any atom is 0.261 e. The Morgan fingerprint density at radius 2 is 1.79 bits per heavy atom. The Labute approximate surface area is 191 Å². The molecule has 0 radical (unpaired) electrons. The van der Waals surface area contributed by atoms with Crippen LogP contribution in [0.15, 0.2) is 53.8 Å². The van der Waals surface area contributed by atoms with Crippen LogP contribution < -0.4 is 20.7 Å². The van der Waals surface area contributed by atoms with Gasteiger partial charge in [-0.2, -0.15) is 0 Å². The largest absolute Gasteiger partial charge is 0.497 e. The molecule has 0 spiro atoms. The van der Waals surface area contributed by atoms with Gasteiger partial charge >= 0.3 is 0 Å². The van der Waals surface area contributed by atoms with Gasteiger partial charge in [-0.3, -0.25) is 9.59 Å². The first kappa shape index (κ1) is 23.7. The van der Waals surface area contributed by atoms with Crippen molar-refractivity contribution in [3.05, 3.63) is 65.4 Å². The maximum absolute atomic E-state index is 12.9. The van der Waals surface area contributed by atoms with E-state index < -0.39 is 15.7 Å². The number of ether oxygens (including phenoxy) is 1. The molecule has 0 bridgehead atoms. The highest BCUT2D eigenvalue weighted by Gasteiger charge is 2.19. The van der Waals surface area contributed by atoms with E-state index in [2.05, 4.69) is 25.9 Å². The number of sulfone groups is 1. The van der Waals surface area contributed by atoms with Crippen LogP contribution in [0.1, 0.15) is 26.3 Å². The van der Waals surface area contributed by atoms with Gasteiger partial charge in [-0.05, 0) is 42.8 Å². The van der Waals surface area contributed by atoms with Crippen molar-refractivity contribution in [1.82, 2.24) is 9.97 Å². The van der Waals surface area contributed by atoms with Gasteiger partial charge in [0.05, 0.1) is 7.11 Å². The molecule has 3 rings (SSSR count). The average Bonchev–Trinajstić information content (AvgIpc) is 2.80. The Morgan fingerprint density at radius 3 is 2.45 bits per heavy atom. The van der Waals surface area contributed by atoms with Gasteiger partial charge < -0.3 is 20.7 Å². The highest BCUT2D eigenvalue weighted by Crippen LogP contribution is 2.23. The highest BCUT2D eigenvalue weighted by molar-refractivity contribution is 7.90. The first-order chi connectivity index (χ1) is 15.6. The van der Waals surface area contributed by atoms with Gasteiger partial charge in [0.25, 0.3) is 11.8 Å². The number of nitrogens with zero attached hydrogens (tertiary/aromatic N) is 2. The van der Waals surface area contributed by atoms with Crippen molar-refractivity contribution in [3.8, 4) is 5.75 Å². The van der Waals surface area contributed by atoms with Crippen LogP contribution in [0.3, 0.4) is 0 Å². The summed E-state index contributed by atoms with van der Waals surface area (Å²) in [5.74, 6) is -0.247. The molecule has 3 N–H and O–H groups in total. The number of nitrogens with one attached hydrogen (secondary N) is 3. The molecule has 10 nitrogen and oxygen atoms in total. The third kappa shape index (κ3) is 5.63. The fraction of sp³-hybridized carbons (Fsp3) is 0.182. The number of hydrogen-bond acceptors (Lipinski definition) is 8. The summed E-state index contributed by atoms with van der Waals surface area (Å²) >= 11 is 0. The van der Waals surface area contributed by atoms with Gasteiger partial charge in [0.1, 0.15) is 17.1 Å². The van der Waals surface area contributed by atoms with Crippen molar-refractivity contribution >= 4 is 38.8 Å². The number of aromatic nitrogens is 2. The number of carbonyl (C=O) groups excluding carboxylic acids is 2. The molecule has 172 valence electrons. The van der Waals surface area contributed by atoms with Crippen molar-refractivity contribution in [2.75, 3.05) is 36.4 Å². The summed E-state index contributed by atoms with van der Waals surface area (Å²) in [5, 5.41) is 7.86. The zero-order valence-corrected chi connectivity index (χ0v) is 19.3. The lowest BCUT2D eigenvalue weighted by Gasteiger charge is -2.13. The Balaban J connectivity index is 1.82. The Morgan fingerprint density at radius 1 is 1.03 bits per heavy atom. The molecule has 33 heavy (non-hydrogen) atoms. The topological polar surface area (TPSA) is 139 Å². The number of benzene rings is 2. The molecule has 2 amide bonds. The van der Waals surface area contributed by atoms with Gasteiger partial charge in [-0.15, -0.1) is 0 Å². The minimum Gasteiger partial charge on any atom is -0.497 e. The molecule has 0 aliphatic heterocycles. The van der Waals surface area contributed by atoms with Gasteiger partial charge in [-0.1, -0.05) is 12.1 Å². The van der Waals surface area contributed by atoms with Crippen LogP contribution in [0.25, 0.3) is 0 Å². The van der Waals surface area contributed by atoms with Crippen molar-refractivity contribution in [3.63, 3.8) is 0 Å². The van der Waals surface area contributed by atoms with Crippen molar-refractivity contribution in [1.29, 1.82) is 0 Å². The van der Waals surface area contributed by atoms with Crippen LogP contribution in [0.4, 0.5) is 17.2 Å². The number of carbonyl (C=O) groups is 2. The van der Waals surface area contributed by atoms with Crippen molar-refractivity contribution in [2.24, 2.45) is 0 Å². The second-order valence-electron chi connectivity index (χ2n) is 7.11. The zero-order valence-electron chi connectivity index (χ0n) is 18.5. The molecule has 0 saturated carbocycles. The summed E-state index contributed by atoms with van der Waals surface area (Å²) in [5.41, 5.74) is 2.17. The fourth-order valence-electron chi connectivity index (χ4n) is 2.89. The number of methoxy groups -OCH3 is 1. The van der Waals surface area contributed by atoms with Crippen LogP contribution >= 0.6 is 0 Å². The Kier molecular flexibility index (Phi) is 6.92. The number of aryl methyl sites for hydroxylation is 1. The van der Waals surface area contributed by atoms with E-state index in [-0.39, 0.29) is 22.4 Å². The first-order valence-electron chi connectivity index (χ1n) is 9.74. The van der Waals surface area contributed by atoms with E-state index in [1.165, 1.54) is 14.2 Å². The molecule has 0 unspecified atom stereocenters. The third-order valence-corrected chi connectivity index (χ3v) is 5.52. The van der Waals surface area contributed by atoms with E-state index in [1.807, 2.05) is 0 Å². The lowest BCUT2D eigenvalue weighted by atomic mass is 10.1. The molecule has 0 fully saturated rings. The third-order valence-electron chi connectivity index (χ3n) is 4.66. The monoisotopic (exact) mass is 469 g/mol. The van der Waals surface area contributed by atoms with Crippen LogP contribution in [0.5, 0.6) is 5.75 Å². The fourth-order valence-corrected chi connectivity index (χ4v) is 3.39. The molecule has 1 heterocycles. The maximum atomic E-state index is 12.9. The summed E-state index contributed by atoms with van der Waals surface area (Å²) < 4.78 is 28.5. The van der Waals surface area contributed by atoms with E-state index in [1.54, 1.807) is 49.4 Å². The molecule has 3 aromatic rings. The summed E-state index contributed by atoms with van der Waals surface area (Å²) in [7, 11) is -0.592. The van der Waals surface area contributed by atoms with E-state index in [0.29, 0.717) is 22.7 Å². The predicted molar refractivity (Wildman–Crippen MR) is 125 cm³/mol. The second kappa shape index (κ2) is 9.65. The van der Waals surface area contributed by atoms with E-state index in [9.17, 15) is 18.0 Å². The standard InChI is InChI=1S/C22H23N5O5S/c1-13-8-9-15(25-20(28)14-6-5-7-16(10-14)32-3)11-18(13)26-21(29)17-12-24-22(33(4,30)31)27-19(17)23-2/h5-12H,1-4H3,(H,25,28)(H,26,29)(H,23,24,27). The quantitative estimate of drug-likeness (QED) is 0.449. The summed E-state index contributed by atoms with van der Waals surface area (Å²) in [6, 6.07) is 11.8. The smallest absolute Gasteiger partial charge is 0.261 e. The molecule has 0 atom stereocenters. The molecule has 11 heteroatoms. The molecule has 0 aliphatic carbocycles. The molecule has 0 aliphatic rings. The Hall–Kier alpha value is -3.99. The SMILES string of the molecule is CNc1nc(S(C)(=O)=O)ncc1C(=O)Nc1cc(NC(=O)c2cccc(OC)c2)ccc1C. The minimum absolute atomic E-state index is 0.0649. The number of hydrogen-bond donors (Lipinski definition) is 3. The average molecular weight is 470 g/mol. The molecule has 0 saturated heterocycles. The summed E-state index contributed by atoms with van der Waals surface area (Å²) in [6.45, 7) is 1.80. The van der Waals surface area contributed by atoms with Gasteiger partial charge in [-0.25, -0.2) is 18.4 Å². The van der Waals surface area contributed by atoms with Crippen LogP contribution in [0, 0.1) is 6.92 Å². The van der Waals surface area contributed by atoms with Crippen LogP contribution in [-0.4, -0.2) is 50.6 Å². The summed E-state index contributed by atoms with van der Waals surface area (Å²) in [6.07, 6.45) is 2.13. The van der Waals surface area contributed by atoms with Crippen LogP contribution in [0.2, 0.25) is 0 Å². The second-order valence-corrected chi connectivity index (χ2v) is 9.02. The van der Waals surface area contributed by atoms with E-state index >= 15 is 0 Å². The summed E-state index contributed by atoms with van der Waals surface area (Å²) in [4.78, 5) is 33.1. The molecule has 2 aromatic carbocycles. The van der Waals surface area contributed by atoms with Gasteiger partial charge in [0.2, 0.25) is 15.0 Å². The van der Waals surface area contributed by atoms with E-state index in [4.69, 9.17) is 4.74 Å². The van der Waals surface area contributed by atoms with Gasteiger partial charge in [0, 0.05) is 36.4 Å². The van der Waals surface area contributed by atoms with Crippen molar-refractivity contribution in [2.45, 2.75) is 12.1 Å². The van der Waals surface area contributed by atoms with Crippen molar-refractivity contribution < 1.29 is 22.7 Å². The lowest BCUT2D eigenvalue weighted by Crippen LogP contribution is -2.18. The van der Waals surface area contributed by atoms with Crippen LogP contribution in [-0.2, 0) is 9.84 Å². The highest BCUT2D eigenvalue weighted by atomic mass is 32.2. The van der Waals surface area contributed by atoms with Gasteiger partial charge in [0.15, 0.2) is 0 Å². The minimum atomic E-state index is -3.63. The zero-order chi connectivity index (χ0) is 24.2.